The second-order valence-electron chi connectivity index (χ2n) is 5.30. The van der Waals surface area contributed by atoms with Crippen LogP contribution in [0.1, 0.15) is 21.5 Å². The maximum atomic E-state index is 13.5. The fourth-order valence-electron chi connectivity index (χ4n) is 2.65. The highest BCUT2D eigenvalue weighted by Crippen LogP contribution is 2.25. The number of hydrogen-bond donors (Lipinski definition) is 1. The summed E-state index contributed by atoms with van der Waals surface area (Å²) in [6.45, 7) is 0.525. The molecule has 1 aliphatic heterocycles. The van der Waals surface area contributed by atoms with E-state index in [2.05, 4.69) is 0 Å². The SMILES string of the molecule is O=C(O)c1cc(S(=O)(=O)N2CCc3ccccc3C2)ccc1F. The van der Waals surface area contributed by atoms with Crippen molar-refractivity contribution in [2.45, 2.75) is 17.9 Å². The molecule has 0 radical (unpaired) electrons. The predicted octanol–water partition coefficient (Wildman–Crippen LogP) is 2.27. The van der Waals surface area contributed by atoms with Gasteiger partial charge in [-0.1, -0.05) is 24.3 Å². The Hall–Kier alpha value is -2.25. The van der Waals surface area contributed by atoms with Crippen LogP contribution in [0, 0.1) is 5.82 Å². The molecule has 0 fully saturated rings. The van der Waals surface area contributed by atoms with Crippen LogP contribution in [0.15, 0.2) is 47.4 Å². The molecule has 0 spiro atoms. The first kappa shape index (κ1) is 15.6. The van der Waals surface area contributed by atoms with E-state index in [0.29, 0.717) is 13.0 Å². The molecular weight excluding hydrogens is 321 g/mol. The predicted molar refractivity (Wildman–Crippen MR) is 81.1 cm³/mol. The topological polar surface area (TPSA) is 74.7 Å². The van der Waals surface area contributed by atoms with E-state index in [1.54, 1.807) is 0 Å². The molecule has 0 unspecified atom stereocenters. The van der Waals surface area contributed by atoms with Crippen molar-refractivity contribution < 1.29 is 22.7 Å². The number of fused-ring (bicyclic) bond motifs is 1. The molecule has 1 aliphatic rings. The van der Waals surface area contributed by atoms with Crippen LogP contribution in [0.25, 0.3) is 0 Å². The molecule has 0 saturated heterocycles. The number of rotatable bonds is 3. The molecule has 0 saturated carbocycles. The first-order valence-electron chi connectivity index (χ1n) is 6.99. The largest absolute Gasteiger partial charge is 0.478 e. The summed E-state index contributed by atoms with van der Waals surface area (Å²) in [4.78, 5) is 10.8. The van der Waals surface area contributed by atoms with Crippen LogP contribution in [0.3, 0.4) is 0 Å². The first-order chi connectivity index (χ1) is 10.9. The maximum Gasteiger partial charge on any atom is 0.338 e. The lowest BCUT2D eigenvalue weighted by Crippen LogP contribution is -2.36. The third kappa shape index (κ3) is 2.85. The molecule has 3 rings (SSSR count). The van der Waals surface area contributed by atoms with Gasteiger partial charge in [-0.15, -0.1) is 0 Å². The molecule has 0 amide bonds. The lowest BCUT2D eigenvalue weighted by atomic mass is 10.0. The van der Waals surface area contributed by atoms with Crippen molar-refractivity contribution in [2.24, 2.45) is 0 Å². The number of benzene rings is 2. The Morgan fingerprint density at radius 3 is 2.52 bits per heavy atom. The fourth-order valence-corrected chi connectivity index (χ4v) is 4.10. The van der Waals surface area contributed by atoms with Crippen molar-refractivity contribution in [3.63, 3.8) is 0 Å². The minimum atomic E-state index is -3.87. The average molecular weight is 335 g/mol. The van der Waals surface area contributed by atoms with E-state index in [9.17, 15) is 17.6 Å². The molecule has 0 bridgehead atoms. The Morgan fingerprint density at radius 2 is 1.83 bits per heavy atom. The highest BCUT2D eigenvalue weighted by molar-refractivity contribution is 7.89. The third-order valence-electron chi connectivity index (χ3n) is 3.90. The summed E-state index contributed by atoms with van der Waals surface area (Å²) >= 11 is 0. The van der Waals surface area contributed by atoms with Gasteiger partial charge in [0.05, 0.1) is 10.5 Å². The molecule has 0 aromatic heterocycles. The Bertz CT molecular complexity index is 879. The first-order valence-corrected chi connectivity index (χ1v) is 8.43. The summed E-state index contributed by atoms with van der Waals surface area (Å²) in [5, 5.41) is 8.95. The van der Waals surface area contributed by atoms with Gasteiger partial charge < -0.3 is 5.11 Å². The van der Waals surface area contributed by atoms with Gasteiger partial charge in [-0.05, 0) is 35.7 Å². The highest BCUT2D eigenvalue weighted by atomic mass is 32.2. The fraction of sp³-hybridized carbons (Fsp3) is 0.188. The van der Waals surface area contributed by atoms with Gasteiger partial charge in [0.1, 0.15) is 5.82 Å². The molecule has 2 aromatic carbocycles. The Kier molecular flexibility index (Phi) is 3.91. The summed E-state index contributed by atoms with van der Waals surface area (Å²) < 4.78 is 40.1. The number of halogens is 1. The Balaban J connectivity index is 1.97. The Morgan fingerprint density at radius 1 is 1.13 bits per heavy atom. The second kappa shape index (κ2) is 5.75. The molecule has 23 heavy (non-hydrogen) atoms. The van der Waals surface area contributed by atoms with Gasteiger partial charge in [0, 0.05) is 13.1 Å². The molecular formula is C16H14FNO4S. The number of hydrogen-bond acceptors (Lipinski definition) is 3. The lowest BCUT2D eigenvalue weighted by molar-refractivity contribution is 0.0691. The molecule has 0 aliphatic carbocycles. The zero-order valence-corrected chi connectivity index (χ0v) is 12.9. The van der Waals surface area contributed by atoms with Crippen molar-refractivity contribution >= 4 is 16.0 Å². The summed E-state index contributed by atoms with van der Waals surface area (Å²) in [6, 6.07) is 10.4. The quantitative estimate of drug-likeness (QED) is 0.934. The van der Waals surface area contributed by atoms with E-state index in [4.69, 9.17) is 5.11 Å². The van der Waals surface area contributed by atoms with E-state index >= 15 is 0 Å². The maximum absolute atomic E-state index is 13.5. The number of aromatic carboxylic acids is 1. The Labute approximate surface area is 133 Å². The van der Waals surface area contributed by atoms with Gasteiger partial charge in [0.15, 0.2) is 0 Å². The lowest BCUT2D eigenvalue weighted by Gasteiger charge is -2.28. The van der Waals surface area contributed by atoms with Gasteiger partial charge in [-0.25, -0.2) is 17.6 Å². The van der Waals surface area contributed by atoms with Crippen molar-refractivity contribution in [1.29, 1.82) is 0 Å². The molecule has 0 atom stereocenters. The number of carboxylic acids is 1. The zero-order valence-electron chi connectivity index (χ0n) is 12.1. The van der Waals surface area contributed by atoms with Crippen LogP contribution >= 0.6 is 0 Å². The van der Waals surface area contributed by atoms with Crippen molar-refractivity contribution in [3.8, 4) is 0 Å². The number of carboxylic acid groups (broad SMARTS) is 1. The van der Waals surface area contributed by atoms with Crippen LogP contribution in [-0.2, 0) is 23.0 Å². The minimum absolute atomic E-state index is 0.212. The van der Waals surface area contributed by atoms with Gasteiger partial charge in [-0.3, -0.25) is 0 Å². The van der Waals surface area contributed by atoms with Crippen LogP contribution in [0.4, 0.5) is 4.39 Å². The van der Waals surface area contributed by atoms with Crippen LogP contribution in [0.2, 0.25) is 0 Å². The number of sulfonamides is 1. The van der Waals surface area contributed by atoms with Gasteiger partial charge in [0.2, 0.25) is 10.0 Å². The van der Waals surface area contributed by atoms with E-state index in [1.165, 1.54) is 4.31 Å². The average Bonchev–Trinajstić information content (AvgIpc) is 2.54. The smallest absolute Gasteiger partial charge is 0.338 e. The minimum Gasteiger partial charge on any atom is -0.478 e. The van der Waals surface area contributed by atoms with Gasteiger partial charge >= 0.3 is 5.97 Å². The molecule has 5 nitrogen and oxygen atoms in total. The highest BCUT2D eigenvalue weighted by Gasteiger charge is 2.29. The molecule has 2 aromatic rings. The third-order valence-corrected chi connectivity index (χ3v) is 5.74. The molecule has 120 valence electrons. The van der Waals surface area contributed by atoms with Gasteiger partial charge in [-0.2, -0.15) is 4.31 Å². The molecule has 7 heteroatoms. The summed E-state index contributed by atoms with van der Waals surface area (Å²) in [6.07, 6.45) is 0.586. The standard InChI is InChI=1S/C16H14FNO4S/c17-15-6-5-13(9-14(15)16(19)20)23(21,22)18-8-7-11-3-1-2-4-12(11)10-18/h1-6,9H,7-8,10H2,(H,19,20). The summed E-state index contributed by atoms with van der Waals surface area (Å²) in [5.41, 5.74) is 1.37. The van der Waals surface area contributed by atoms with Gasteiger partial charge in [0.25, 0.3) is 0 Å². The zero-order chi connectivity index (χ0) is 16.6. The van der Waals surface area contributed by atoms with Crippen molar-refractivity contribution in [3.05, 3.63) is 65.0 Å². The van der Waals surface area contributed by atoms with E-state index in [-0.39, 0.29) is 11.4 Å². The van der Waals surface area contributed by atoms with Crippen molar-refractivity contribution in [1.82, 2.24) is 4.31 Å². The monoisotopic (exact) mass is 335 g/mol. The van der Waals surface area contributed by atoms with E-state index in [1.807, 2.05) is 24.3 Å². The summed E-state index contributed by atoms with van der Waals surface area (Å²) in [5.74, 6) is -2.45. The normalized spacial score (nSPS) is 15.2. The second-order valence-corrected chi connectivity index (χ2v) is 7.24. The summed E-state index contributed by atoms with van der Waals surface area (Å²) in [7, 11) is -3.87. The van der Waals surface area contributed by atoms with E-state index in [0.717, 1.165) is 29.3 Å². The van der Waals surface area contributed by atoms with Crippen LogP contribution in [0.5, 0.6) is 0 Å². The number of carbonyl (C=O) groups is 1. The molecule has 1 heterocycles. The number of nitrogens with zero attached hydrogens (tertiary/aromatic N) is 1. The molecule has 1 N–H and O–H groups in total. The van der Waals surface area contributed by atoms with Crippen LogP contribution in [-0.4, -0.2) is 30.3 Å². The van der Waals surface area contributed by atoms with Crippen molar-refractivity contribution in [2.75, 3.05) is 6.54 Å². The van der Waals surface area contributed by atoms with Crippen LogP contribution < -0.4 is 0 Å². The van der Waals surface area contributed by atoms with E-state index < -0.39 is 27.4 Å².